The van der Waals surface area contributed by atoms with Crippen LogP contribution in [0.3, 0.4) is 0 Å². The summed E-state index contributed by atoms with van der Waals surface area (Å²) in [4.78, 5) is 12.0. The average Bonchev–Trinajstić information content (AvgIpc) is 2.25. The summed E-state index contributed by atoms with van der Waals surface area (Å²) in [6.07, 6.45) is 0.722. The molecule has 0 saturated carbocycles. The van der Waals surface area contributed by atoms with Crippen LogP contribution < -0.4 is 0 Å². The summed E-state index contributed by atoms with van der Waals surface area (Å²) in [5.74, 6) is 0.0298. The van der Waals surface area contributed by atoms with Gasteiger partial charge in [-0.15, -0.1) is 0 Å². The molecule has 3 heteroatoms. The molecule has 0 aromatic heterocycles. The summed E-state index contributed by atoms with van der Waals surface area (Å²) in [6, 6.07) is 5.52. The van der Waals surface area contributed by atoms with Gasteiger partial charge in [0, 0.05) is 25.2 Å². The van der Waals surface area contributed by atoms with Gasteiger partial charge < -0.3 is 4.74 Å². The van der Waals surface area contributed by atoms with Crippen LogP contribution in [-0.2, 0) is 4.74 Å². The Morgan fingerprint density at radius 3 is 2.75 bits per heavy atom. The highest BCUT2D eigenvalue weighted by Gasteiger charge is 2.17. The minimum atomic E-state index is -0.0554. The van der Waals surface area contributed by atoms with Crippen molar-refractivity contribution in [3.63, 3.8) is 0 Å². The predicted molar refractivity (Wildman–Crippen MR) is 66.2 cm³/mol. The summed E-state index contributed by atoms with van der Waals surface area (Å²) in [6.45, 7) is 4.45. The van der Waals surface area contributed by atoms with E-state index in [1.807, 2.05) is 26.0 Å². The van der Waals surface area contributed by atoms with E-state index in [4.69, 9.17) is 16.3 Å². The van der Waals surface area contributed by atoms with Crippen LogP contribution in [-0.4, -0.2) is 19.5 Å². The van der Waals surface area contributed by atoms with E-state index in [1.165, 1.54) is 0 Å². The van der Waals surface area contributed by atoms with Crippen LogP contribution in [0.4, 0.5) is 0 Å². The number of benzene rings is 1. The molecule has 0 aliphatic rings. The molecule has 2 nitrogen and oxygen atoms in total. The lowest BCUT2D eigenvalue weighted by molar-refractivity contribution is 0.0894. The van der Waals surface area contributed by atoms with E-state index in [0.29, 0.717) is 17.2 Å². The van der Waals surface area contributed by atoms with E-state index in [2.05, 4.69) is 0 Å². The molecule has 1 aromatic rings. The third-order valence-electron chi connectivity index (χ3n) is 2.59. The molecule has 0 amide bonds. The van der Waals surface area contributed by atoms with Crippen molar-refractivity contribution < 1.29 is 9.53 Å². The Balaban J connectivity index is 2.79. The van der Waals surface area contributed by atoms with Crippen LogP contribution >= 0.6 is 11.6 Å². The van der Waals surface area contributed by atoms with Crippen molar-refractivity contribution in [2.75, 3.05) is 13.7 Å². The van der Waals surface area contributed by atoms with Crippen LogP contribution in [0.15, 0.2) is 18.2 Å². The molecule has 0 bridgehead atoms. The molecule has 1 atom stereocenters. The lowest BCUT2D eigenvalue weighted by atomic mass is 9.96. The van der Waals surface area contributed by atoms with Crippen LogP contribution in [0.25, 0.3) is 0 Å². The van der Waals surface area contributed by atoms with Gasteiger partial charge in [0.05, 0.1) is 5.02 Å². The first-order chi connectivity index (χ1) is 7.56. The number of aryl methyl sites for hydroxylation is 1. The number of carbonyl (C=O) groups excluding carboxylic acids is 1. The van der Waals surface area contributed by atoms with E-state index >= 15 is 0 Å². The molecule has 0 fully saturated rings. The maximum atomic E-state index is 12.0. The zero-order valence-electron chi connectivity index (χ0n) is 9.92. The van der Waals surface area contributed by atoms with Gasteiger partial charge in [0.2, 0.25) is 0 Å². The lowest BCUT2D eigenvalue weighted by Gasteiger charge is -2.11. The largest absolute Gasteiger partial charge is 0.385 e. The average molecular weight is 241 g/mol. The molecule has 1 rings (SSSR count). The van der Waals surface area contributed by atoms with E-state index in [9.17, 15) is 4.79 Å². The normalized spacial score (nSPS) is 12.5. The van der Waals surface area contributed by atoms with Gasteiger partial charge >= 0.3 is 0 Å². The number of halogens is 1. The van der Waals surface area contributed by atoms with Crippen molar-refractivity contribution >= 4 is 17.4 Å². The molecular weight excluding hydrogens is 224 g/mol. The van der Waals surface area contributed by atoms with Crippen molar-refractivity contribution in [3.05, 3.63) is 34.3 Å². The van der Waals surface area contributed by atoms with Gasteiger partial charge in [-0.25, -0.2) is 0 Å². The monoisotopic (exact) mass is 240 g/mol. The fourth-order valence-electron chi connectivity index (χ4n) is 1.51. The number of hydrogen-bond donors (Lipinski definition) is 0. The molecule has 0 aliphatic carbocycles. The van der Waals surface area contributed by atoms with Gasteiger partial charge in [0.25, 0.3) is 0 Å². The smallest absolute Gasteiger partial charge is 0.167 e. The highest BCUT2D eigenvalue weighted by atomic mass is 35.5. The van der Waals surface area contributed by atoms with Crippen molar-refractivity contribution in [2.45, 2.75) is 20.3 Å². The highest BCUT2D eigenvalue weighted by molar-refractivity contribution is 6.34. The van der Waals surface area contributed by atoms with Crippen LogP contribution in [0, 0.1) is 12.8 Å². The Labute approximate surface area is 102 Å². The van der Waals surface area contributed by atoms with Crippen molar-refractivity contribution in [3.8, 4) is 0 Å². The summed E-state index contributed by atoms with van der Waals surface area (Å²) >= 11 is 6.05. The standard InChI is InChI=1S/C13H17ClO2/c1-9-4-5-11(12(14)8-9)13(15)10(2)6-7-16-3/h4-5,8,10H,6-7H2,1-3H3. The van der Waals surface area contributed by atoms with Gasteiger partial charge in [-0.05, 0) is 31.0 Å². The minimum Gasteiger partial charge on any atom is -0.385 e. The molecule has 0 heterocycles. The molecule has 0 N–H and O–H groups in total. The van der Waals surface area contributed by atoms with E-state index in [-0.39, 0.29) is 11.7 Å². The lowest BCUT2D eigenvalue weighted by Crippen LogP contribution is -2.13. The Morgan fingerprint density at radius 2 is 2.19 bits per heavy atom. The molecule has 0 radical (unpaired) electrons. The molecule has 0 aliphatic heterocycles. The molecule has 88 valence electrons. The van der Waals surface area contributed by atoms with E-state index in [1.54, 1.807) is 13.2 Å². The Bertz CT molecular complexity index is 374. The fourth-order valence-corrected chi connectivity index (χ4v) is 1.84. The summed E-state index contributed by atoms with van der Waals surface area (Å²) in [5.41, 5.74) is 1.67. The van der Waals surface area contributed by atoms with Gasteiger partial charge in [-0.1, -0.05) is 24.6 Å². The Kier molecular flexibility index (Phi) is 4.97. The number of Topliss-reactive ketones (excluding diaryl/α,β-unsaturated/α-hetero) is 1. The third-order valence-corrected chi connectivity index (χ3v) is 2.91. The zero-order valence-corrected chi connectivity index (χ0v) is 10.7. The topological polar surface area (TPSA) is 26.3 Å². The third kappa shape index (κ3) is 3.32. The maximum absolute atomic E-state index is 12.0. The van der Waals surface area contributed by atoms with Crippen molar-refractivity contribution in [1.82, 2.24) is 0 Å². The van der Waals surface area contributed by atoms with Crippen LogP contribution in [0.2, 0.25) is 5.02 Å². The second kappa shape index (κ2) is 6.02. The number of rotatable bonds is 5. The minimum absolute atomic E-state index is 0.0554. The van der Waals surface area contributed by atoms with Gasteiger partial charge in [0.1, 0.15) is 0 Å². The van der Waals surface area contributed by atoms with Gasteiger partial charge in [0.15, 0.2) is 5.78 Å². The molecule has 1 unspecified atom stereocenters. The SMILES string of the molecule is COCCC(C)C(=O)c1ccc(C)cc1Cl. The quantitative estimate of drug-likeness (QED) is 0.737. The fraction of sp³-hybridized carbons (Fsp3) is 0.462. The Hall–Kier alpha value is -0.860. The van der Waals surface area contributed by atoms with Crippen LogP contribution in [0.1, 0.15) is 29.3 Å². The molecular formula is C13H17ClO2. The second-order valence-corrected chi connectivity index (χ2v) is 4.44. The van der Waals surface area contributed by atoms with Crippen molar-refractivity contribution in [2.24, 2.45) is 5.92 Å². The molecule has 0 saturated heterocycles. The molecule has 0 spiro atoms. The first kappa shape index (κ1) is 13.2. The van der Waals surface area contributed by atoms with Crippen molar-refractivity contribution in [1.29, 1.82) is 0 Å². The summed E-state index contributed by atoms with van der Waals surface area (Å²) in [5, 5.41) is 0.536. The first-order valence-electron chi connectivity index (χ1n) is 5.35. The summed E-state index contributed by atoms with van der Waals surface area (Å²) in [7, 11) is 1.63. The van der Waals surface area contributed by atoms with Gasteiger partial charge in [-0.2, -0.15) is 0 Å². The predicted octanol–water partition coefficient (Wildman–Crippen LogP) is 3.50. The number of ether oxygens (including phenoxy) is 1. The molecule has 16 heavy (non-hydrogen) atoms. The Morgan fingerprint density at radius 1 is 1.50 bits per heavy atom. The number of methoxy groups -OCH3 is 1. The van der Waals surface area contributed by atoms with Crippen LogP contribution in [0.5, 0.6) is 0 Å². The maximum Gasteiger partial charge on any atom is 0.167 e. The summed E-state index contributed by atoms with van der Waals surface area (Å²) < 4.78 is 4.96. The first-order valence-corrected chi connectivity index (χ1v) is 5.73. The van der Waals surface area contributed by atoms with E-state index < -0.39 is 0 Å². The van der Waals surface area contributed by atoms with Gasteiger partial charge in [-0.3, -0.25) is 4.79 Å². The number of hydrogen-bond acceptors (Lipinski definition) is 2. The zero-order chi connectivity index (χ0) is 12.1. The molecule has 1 aromatic carbocycles. The number of ketones is 1. The second-order valence-electron chi connectivity index (χ2n) is 4.03. The number of carbonyl (C=O) groups is 1. The van der Waals surface area contributed by atoms with E-state index in [0.717, 1.165) is 12.0 Å². The highest BCUT2D eigenvalue weighted by Crippen LogP contribution is 2.21.